The highest BCUT2D eigenvalue weighted by atomic mass is 16.5. The van der Waals surface area contributed by atoms with Crippen LogP contribution < -0.4 is 0 Å². The van der Waals surface area contributed by atoms with Gasteiger partial charge in [0.2, 0.25) is 0 Å². The maximum absolute atomic E-state index is 11.9. The van der Waals surface area contributed by atoms with Gasteiger partial charge in [0.1, 0.15) is 6.54 Å². The van der Waals surface area contributed by atoms with Crippen molar-refractivity contribution in [2.75, 3.05) is 13.2 Å². The third-order valence-electron chi connectivity index (χ3n) is 10.9. The third-order valence-corrected chi connectivity index (χ3v) is 10.9. The predicted molar refractivity (Wildman–Crippen MR) is 124 cm³/mol. The monoisotopic (exact) mass is 430 g/mol. The Hall–Kier alpha value is -0.770. The molecular formula is C27H46N2O2. The lowest BCUT2D eigenvalue weighted by Gasteiger charge is -2.61. The van der Waals surface area contributed by atoms with Crippen molar-refractivity contribution < 1.29 is 9.53 Å². The highest BCUT2D eigenvalue weighted by molar-refractivity contribution is 5.80. The van der Waals surface area contributed by atoms with E-state index in [-0.39, 0.29) is 12.3 Å². The van der Waals surface area contributed by atoms with Crippen LogP contribution in [0.3, 0.4) is 0 Å². The van der Waals surface area contributed by atoms with Gasteiger partial charge in [-0.15, -0.1) is 0 Å². The smallest absolute Gasteiger partial charge is 0.156 e. The van der Waals surface area contributed by atoms with Crippen LogP contribution in [-0.2, 0) is 9.53 Å². The Balaban J connectivity index is 1.43. The van der Waals surface area contributed by atoms with Gasteiger partial charge >= 0.3 is 0 Å². The van der Waals surface area contributed by atoms with E-state index in [4.69, 9.17) is 10.3 Å². The highest BCUT2D eigenvalue weighted by Gasteiger charge is 2.60. The Bertz CT molecular complexity index is 666. The summed E-state index contributed by atoms with van der Waals surface area (Å²) in [6.45, 7) is 10.7. The first-order valence-corrected chi connectivity index (χ1v) is 13.3. The molecule has 0 saturated heterocycles. The normalized spacial score (nSPS) is 45.3. The fraction of sp³-hybridized carbons (Fsp3) is 0.963. The molecule has 0 radical (unpaired) electrons. The molecule has 0 bridgehead atoms. The van der Waals surface area contributed by atoms with Crippen molar-refractivity contribution in [2.45, 2.75) is 104 Å². The van der Waals surface area contributed by atoms with Crippen LogP contribution in [0, 0.1) is 51.9 Å². The summed E-state index contributed by atoms with van der Waals surface area (Å²) in [7, 11) is 0. The molecule has 9 atom stereocenters. The summed E-state index contributed by atoms with van der Waals surface area (Å²) >= 11 is 0. The van der Waals surface area contributed by atoms with Gasteiger partial charge < -0.3 is 4.74 Å². The number of Topliss-reactive ketones (excluding diaryl/α,β-unsaturated/α-hetero) is 1. The molecule has 4 aliphatic carbocycles. The van der Waals surface area contributed by atoms with E-state index in [2.05, 4.69) is 32.8 Å². The lowest BCUT2D eigenvalue weighted by atomic mass is 9.44. The van der Waals surface area contributed by atoms with E-state index in [0.29, 0.717) is 29.3 Å². The summed E-state index contributed by atoms with van der Waals surface area (Å²) in [5.74, 6) is 5.10. The number of hydrogen-bond acceptors (Lipinski definition) is 4. The van der Waals surface area contributed by atoms with Crippen molar-refractivity contribution in [1.29, 1.82) is 5.53 Å². The number of nitrogens with one attached hydrogen (secondary N) is 1. The average Bonchev–Trinajstić information content (AvgIpc) is 3.10. The second-order valence-electron chi connectivity index (χ2n) is 12.1. The fourth-order valence-electron chi connectivity index (χ4n) is 9.34. The van der Waals surface area contributed by atoms with Gasteiger partial charge in [0.15, 0.2) is 5.78 Å². The number of fused-ring (bicyclic) bond motifs is 5. The van der Waals surface area contributed by atoms with Gasteiger partial charge in [0.25, 0.3) is 0 Å². The van der Waals surface area contributed by atoms with E-state index >= 15 is 0 Å². The van der Waals surface area contributed by atoms with Gasteiger partial charge in [-0.3, -0.25) is 4.79 Å². The Labute approximate surface area is 190 Å². The van der Waals surface area contributed by atoms with Crippen LogP contribution in [0.25, 0.3) is 0 Å². The molecule has 4 aliphatic rings. The van der Waals surface area contributed by atoms with Crippen LogP contribution in [0.2, 0.25) is 0 Å². The minimum atomic E-state index is 0.0743. The summed E-state index contributed by atoms with van der Waals surface area (Å²) < 4.78 is 6.05. The van der Waals surface area contributed by atoms with Gasteiger partial charge in [-0.2, -0.15) is 5.11 Å². The van der Waals surface area contributed by atoms with Gasteiger partial charge in [0, 0.05) is 13.0 Å². The average molecular weight is 431 g/mol. The van der Waals surface area contributed by atoms with Crippen molar-refractivity contribution in [2.24, 2.45) is 51.5 Å². The van der Waals surface area contributed by atoms with Crippen LogP contribution in [-0.4, -0.2) is 25.0 Å². The number of ether oxygens (including phenoxy) is 1. The largest absolute Gasteiger partial charge is 0.378 e. The lowest BCUT2D eigenvalue weighted by Crippen LogP contribution is -2.54. The lowest BCUT2D eigenvalue weighted by molar-refractivity contribution is -0.136. The van der Waals surface area contributed by atoms with Crippen molar-refractivity contribution in [3.63, 3.8) is 0 Å². The van der Waals surface area contributed by atoms with Crippen molar-refractivity contribution in [1.82, 2.24) is 0 Å². The first-order chi connectivity index (χ1) is 14.8. The molecule has 31 heavy (non-hydrogen) atoms. The maximum Gasteiger partial charge on any atom is 0.156 e. The molecule has 4 rings (SSSR count). The molecule has 0 aliphatic heterocycles. The van der Waals surface area contributed by atoms with Crippen LogP contribution in [0.5, 0.6) is 0 Å². The topological polar surface area (TPSA) is 62.5 Å². The zero-order valence-electron chi connectivity index (χ0n) is 20.5. The third kappa shape index (κ3) is 4.15. The second kappa shape index (κ2) is 9.23. The minimum absolute atomic E-state index is 0.0743. The van der Waals surface area contributed by atoms with Crippen LogP contribution in [0.1, 0.15) is 98.3 Å². The van der Waals surface area contributed by atoms with Crippen LogP contribution in [0.4, 0.5) is 0 Å². The van der Waals surface area contributed by atoms with Gasteiger partial charge in [-0.05, 0) is 117 Å². The number of nitrogens with zero attached hydrogens (tertiary/aromatic N) is 1. The zero-order valence-corrected chi connectivity index (χ0v) is 20.5. The fourth-order valence-corrected chi connectivity index (χ4v) is 9.34. The van der Waals surface area contributed by atoms with E-state index in [9.17, 15) is 4.79 Å². The first kappa shape index (κ1) is 23.4. The van der Waals surface area contributed by atoms with Gasteiger partial charge in [-0.1, -0.05) is 20.8 Å². The van der Waals surface area contributed by atoms with Crippen molar-refractivity contribution >= 4 is 5.78 Å². The molecule has 0 aromatic rings. The molecule has 4 nitrogen and oxygen atoms in total. The summed E-state index contributed by atoms with van der Waals surface area (Å²) in [6.07, 6.45) is 14.5. The number of carbonyl (C=O) groups excluding carboxylic acids is 1. The standard InChI is InChI=1S/C27H46N2O2/c1-5-31-21-12-14-26(3)19(16-21)7-9-22-24-11-10-23(27(24,4)15-13-25(22)26)18(2)6-8-20(30)17-29-28/h18-19,21-25,28H,5-17H2,1-4H3/t18-,19?,21+,22+,23-,24+,25+,26?,27-/m1/s1. The Kier molecular flexibility index (Phi) is 6.97. The Morgan fingerprint density at radius 1 is 1.06 bits per heavy atom. The van der Waals surface area contributed by atoms with Gasteiger partial charge in [-0.25, -0.2) is 5.53 Å². The Morgan fingerprint density at radius 2 is 1.81 bits per heavy atom. The summed E-state index contributed by atoms with van der Waals surface area (Å²) in [5, 5.41) is 3.28. The van der Waals surface area contributed by atoms with Crippen molar-refractivity contribution in [3.8, 4) is 0 Å². The molecule has 0 heterocycles. The number of rotatable bonds is 8. The molecule has 4 fully saturated rings. The molecule has 1 N–H and O–H groups in total. The van der Waals surface area contributed by atoms with E-state index < -0.39 is 0 Å². The number of hydrogen-bond donors (Lipinski definition) is 1. The molecule has 0 aromatic heterocycles. The molecule has 0 spiro atoms. The van der Waals surface area contributed by atoms with E-state index in [1.807, 2.05) is 0 Å². The summed E-state index contributed by atoms with van der Waals surface area (Å²) in [6, 6.07) is 0. The molecule has 0 aromatic carbocycles. The molecule has 4 heteroatoms. The SMILES string of the molecule is CCO[C@H]1CCC2(C)C(CC[C@@H]3[C@@H]2CC[C@]2(C)[C@@H]([C@H](C)CCC(=O)CN=N)CC[C@@H]32)C1. The Morgan fingerprint density at radius 3 is 2.55 bits per heavy atom. The number of carbonyl (C=O) groups is 1. The van der Waals surface area contributed by atoms with E-state index in [1.54, 1.807) is 0 Å². The minimum Gasteiger partial charge on any atom is -0.378 e. The molecule has 4 saturated carbocycles. The second-order valence-corrected chi connectivity index (χ2v) is 12.1. The first-order valence-electron chi connectivity index (χ1n) is 13.3. The van der Waals surface area contributed by atoms with Crippen molar-refractivity contribution in [3.05, 3.63) is 0 Å². The highest BCUT2D eigenvalue weighted by Crippen LogP contribution is 2.68. The number of ketones is 1. The molecular weight excluding hydrogens is 384 g/mol. The summed E-state index contributed by atoms with van der Waals surface area (Å²) in [4.78, 5) is 11.9. The molecule has 0 amide bonds. The quantitative estimate of drug-likeness (QED) is 0.419. The predicted octanol–water partition coefficient (Wildman–Crippen LogP) is 7.07. The van der Waals surface area contributed by atoms with E-state index in [1.165, 1.54) is 57.8 Å². The molecule has 2 unspecified atom stereocenters. The van der Waals surface area contributed by atoms with E-state index in [0.717, 1.165) is 42.6 Å². The van der Waals surface area contributed by atoms with Crippen LogP contribution in [0.15, 0.2) is 5.11 Å². The molecule has 176 valence electrons. The maximum atomic E-state index is 11.9. The van der Waals surface area contributed by atoms with Gasteiger partial charge in [0.05, 0.1) is 6.10 Å². The van der Waals surface area contributed by atoms with Crippen LogP contribution >= 0.6 is 0 Å². The zero-order chi connectivity index (χ0) is 22.2. The summed E-state index contributed by atoms with van der Waals surface area (Å²) in [5.41, 5.74) is 7.94.